The highest BCUT2D eigenvalue weighted by molar-refractivity contribution is 5.58. The van der Waals surface area contributed by atoms with Crippen molar-refractivity contribution >= 4 is 6.08 Å². The Hall–Kier alpha value is -1.91. The van der Waals surface area contributed by atoms with Crippen LogP contribution in [-0.2, 0) is 4.74 Å². The Morgan fingerprint density at radius 2 is 2.07 bits per heavy atom. The van der Waals surface area contributed by atoms with Gasteiger partial charge in [-0.1, -0.05) is 0 Å². The number of aliphatic hydroxyl groups excluding tert-OH is 1. The third kappa shape index (κ3) is 2.86. The second kappa shape index (κ2) is 6.32. The molecule has 0 radical (unpaired) electrons. The topological polar surface area (TPSA) is 87.6 Å². The van der Waals surface area contributed by atoms with Gasteiger partial charge in [-0.2, -0.15) is 0 Å². The smallest absolute Gasteiger partial charge is 0.328 e. The van der Waals surface area contributed by atoms with E-state index >= 15 is 0 Å². The number of methoxy groups -OCH3 is 1. The monoisotopic (exact) mass is 387 g/mol. The molecule has 2 heterocycles. The fourth-order valence-corrected chi connectivity index (χ4v) is 4.11. The van der Waals surface area contributed by atoms with E-state index < -0.39 is 54.2 Å². The molecular weight excluding hydrogens is 367 g/mol. The third-order valence-electron chi connectivity index (χ3n) is 5.59. The van der Waals surface area contributed by atoms with Gasteiger partial charge in [-0.15, -0.1) is 0 Å². The second-order valence-corrected chi connectivity index (χ2v) is 7.36. The fraction of sp³-hybridized carbons (Fsp3) is 0.647. The van der Waals surface area contributed by atoms with Crippen molar-refractivity contribution in [1.29, 1.82) is 0 Å². The van der Waals surface area contributed by atoms with E-state index in [4.69, 9.17) is 4.74 Å². The zero-order valence-electron chi connectivity index (χ0n) is 14.6. The number of aromatic nitrogens is 2. The van der Waals surface area contributed by atoms with Gasteiger partial charge in [0.1, 0.15) is 11.9 Å². The summed E-state index contributed by atoms with van der Waals surface area (Å²) in [6.07, 6.45) is 1.38. The average molecular weight is 387 g/mol. The molecule has 1 saturated heterocycles. The number of hydrogen-bond acceptors (Lipinski definition) is 5. The number of aliphatic hydroxyl groups is 1. The van der Waals surface area contributed by atoms with Gasteiger partial charge in [-0.25, -0.2) is 18.0 Å². The van der Waals surface area contributed by atoms with E-state index in [2.05, 4.69) is 4.98 Å². The molecule has 0 amide bonds. The molecule has 148 valence electrons. The maximum absolute atomic E-state index is 14.9. The Balaban J connectivity index is 1.83. The summed E-state index contributed by atoms with van der Waals surface area (Å²) in [7, 11) is 1.29. The lowest BCUT2D eigenvalue weighted by Crippen LogP contribution is -2.46. The minimum atomic E-state index is -3.17. The van der Waals surface area contributed by atoms with Crippen LogP contribution >= 0.6 is 0 Å². The van der Waals surface area contributed by atoms with Crippen molar-refractivity contribution in [3.8, 4) is 0 Å². The molecule has 27 heavy (non-hydrogen) atoms. The number of fused-ring (bicyclic) bond motifs is 1. The molecule has 0 bridgehead atoms. The molecule has 1 saturated carbocycles. The first kappa shape index (κ1) is 18.5. The number of halogens is 3. The van der Waals surface area contributed by atoms with Crippen LogP contribution in [0.2, 0.25) is 0 Å². The number of aromatic amines is 1. The van der Waals surface area contributed by atoms with Crippen molar-refractivity contribution in [2.75, 3.05) is 26.8 Å². The SMILES string of the molecule is COC1c2c(c(=O)[nH]c(=O)n2C2CC2)C=C(F)C1N1CC(CO)C(F)(F)C1. The van der Waals surface area contributed by atoms with E-state index in [9.17, 15) is 27.9 Å². The highest BCUT2D eigenvalue weighted by Gasteiger charge is 2.53. The minimum Gasteiger partial charge on any atom is -0.396 e. The fourth-order valence-electron chi connectivity index (χ4n) is 4.11. The first-order valence-corrected chi connectivity index (χ1v) is 8.79. The highest BCUT2D eigenvalue weighted by Crippen LogP contribution is 2.44. The van der Waals surface area contributed by atoms with E-state index in [-0.39, 0.29) is 23.8 Å². The lowest BCUT2D eigenvalue weighted by Gasteiger charge is -2.36. The van der Waals surface area contributed by atoms with E-state index in [1.165, 1.54) is 16.6 Å². The Labute approximate surface area is 152 Å². The lowest BCUT2D eigenvalue weighted by atomic mass is 9.93. The molecule has 0 spiro atoms. The summed E-state index contributed by atoms with van der Waals surface area (Å²) in [5, 5.41) is 9.23. The summed E-state index contributed by atoms with van der Waals surface area (Å²) in [6, 6.07) is -1.32. The predicted molar refractivity (Wildman–Crippen MR) is 89.3 cm³/mol. The van der Waals surface area contributed by atoms with Crippen molar-refractivity contribution in [2.45, 2.75) is 37.0 Å². The molecule has 7 nitrogen and oxygen atoms in total. The standard InChI is InChI=1S/C17H20F3N3O4/c1-27-14-12-10(15(25)21-16(26)23(12)9-2-3-9)4-11(18)13(14)22-5-8(6-24)17(19,20)7-22/h4,8-9,13-14,24H,2-3,5-7H2,1H3,(H,21,25,26). The van der Waals surface area contributed by atoms with E-state index in [0.717, 1.165) is 18.9 Å². The summed E-state index contributed by atoms with van der Waals surface area (Å²) >= 11 is 0. The number of hydrogen-bond donors (Lipinski definition) is 2. The maximum Gasteiger partial charge on any atom is 0.328 e. The van der Waals surface area contributed by atoms with Gasteiger partial charge in [0.05, 0.1) is 36.4 Å². The van der Waals surface area contributed by atoms with Gasteiger partial charge in [0.2, 0.25) is 0 Å². The van der Waals surface area contributed by atoms with E-state index in [1.54, 1.807) is 0 Å². The summed E-state index contributed by atoms with van der Waals surface area (Å²) in [5.74, 6) is -5.26. The van der Waals surface area contributed by atoms with Crippen LogP contribution in [0.3, 0.4) is 0 Å². The molecule has 3 aliphatic rings. The quantitative estimate of drug-likeness (QED) is 0.799. The van der Waals surface area contributed by atoms with Crippen LogP contribution in [0.1, 0.15) is 36.2 Å². The molecule has 3 unspecified atom stereocenters. The zero-order valence-corrected chi connectivity index (χ0v) is 14.6. The average Bonchev–Trinajstić information content (AvgIpc) is 3.38. The number of likely N-dealkylation sites (tertiary alicyclic amines) is 1. The predicted octanol–water partition coefficient (Wildman–Crippen LogP) is 0.811. The number of alkyl halides is 2. The van der Waals surface area contributed by atoms with Crippen LogP contribution in [0.4, 0.5) is 13.2 Å². The van der Waals surface area contributed by atoms with Gasteiger partial charge in [0, 0.05) is 19.7 Å². The van der Waals surface area contributed by atoms with Crippen LogP contribution in [-0.4, -0.2) is 58.3 Å². The van der Waals surface area contributed by atoms with Crippen molar-refractivity contribution in [2.24, 2.45) is 5.92 Å². The Kier molecular flexibility index (Phi) is 4.32. The van der Waals surface area contributed by atoms with E-state index in [1.807, 2.05) is 0 Å². The Morgan fingerprint density at radius 1 is 1.37 bits per heavy atom. The van der Waals surface area contributed by atoms with Gasteiger partial charge in [0.15, 0.2) is 0 Å². The van der Waals surface area contributed by atoms with Gasteiger partial charge in [0.25, 0.3) is 11.5 Å². The summed E-state index contributed by atoms with van der Waals surface area (Å²) in [4.78, 5) is 28.0. The number of ether oxygens (including phenoxy) is 1. The molecule has 3 atom stereocenters. The number of H-pyrrole nitrogens is 1. The van der Waals surface area contributed by atoms with Crippen molar-refractivity contribution < 1.29 is 23.0 Å². The van der Waals surface area contributed by atoms with Gasteiger partial charge >= 0.3 is 5.69 Å². The Bertz CT molecular complexity index is 906. The largest absolute Gasteiger partial charge is 0.396 e. The van der Waals surface area contributed by atoms with Gasteiger partial charge < -0.3 is 9.84 Å². The summed E-state index contributed by atoms with van der Waals surface area (Å²) in [5.41, 5.74) is -1.15. The second-order valence-electron chi connectivity index (χ2n) is 7.36. The van der Waals surface area contributed by atoms with Crippen molar-refractivity contribution in [3.05, 3.63) is 37.9 Å². The molecule has 2 aliphatic carbocycles. The molecule has 0 aromatic carbocycles. The van der Waals surface area contributed by atoms with Crippen molar-refractivity contribution in [3.63, 3.8) is 0 Å². The number of nitrogens with zero attached hydrogens (tertiary/aromatic N) is 2. The summed E-state index contributed by atoms with van der Waals surface area (Å²) < 4.78 is 50.0. The van der Waals surface area contributed by atoms with E-state index in [0.29, 0.717) is 0 Å². The molecule has 2 fully saturated rings. The molecule has 10 heteroatoms. The first-order chi connectivity index (χ1) is 12.8. The third-order valence-corrected chi connectivity index (χ3v) is 5.59. The highest BCUT2D eigenvalue weighted by atomic mass is 19.3. The lowest BCUT2D eigenvalue weighted by molar-refractivity contribution is -0.0483. The first-order valence-electron chi connectivity index (χ1n) is 8.79. The van der Waals surface area contributed by atoms with Crippen LogP contribution in [0.25, 0.3) is 6.08 Å². The molecular formula is C17H20F3N3O4. The number of rotatable bonds is 4. The molecule has 1 aromatic rings. The normalized spacial score (nSPS) is 30.3. The summed E-state index contributed by atoms with van der Waals surface area (Å²) in [6.45, 7) is -1.68. The zero-order chi connectivity index (χ0) is 19.5. The van der Waals surface area contributed by atoms with Crippen molar-refractivity contribution in [1.82, 2.24) is 14.5 Å². The molecule has 1 aliphatic heterocycles. The van der Waals surface area contributed by atoms with Crippen LogP contribution < -0.4 is 11.2 Å². The molecule has 4 rings (SSSR count). The molecule has 2 N–H and O–H groups in total. The Morgan fingerprint density at radius 3 is 2.63 bits per heavy atom. The number of nitrogens with one attached hydrogen (secondary N) is 1. The van der Waals surface area contributed by atoms with Crippen LogP contribution in [0.15, 0.2) is 15.4 Å². The maximum atomic E-state index is 14.9. The van der Waals surface area contributed by atoms with Gasteiger partial charge in [-0.05, 0) is 18.9 Å². The van der Waals surface area contributed by atoms with Crippen LogP contribution in [0, 0.1) is 5.92 Å². The minimum absolute atomic E-state index is 0.0215. The molecule has 1 aromatic heterocycles. The van der Waals surface area contributed by atoms with Gasteiger partial charge in [-0.3, -0.25) is 19.2 Å². The van der Waals surface area contributed by atoms with Crippen LogP contribution in [0.5, 0.6) is 0 Å².